The smallest absolute Gasteiger partial charge is 0.325 e. The molecule has 0 bridgehead atoms. The van der Waals surface area contributed by atoms with Crippen LogP contribution in [0.3, 0.4) is 0 Å². The number of carbonyl (C=O) groups is 2. The Morgan fingerprint density at radius 2 is 2.00 bits per heavy atom. The van der Waals surface area contributed by atoms with Gasteiger partial charge in [-0.1, -0.05) is 0 Å². The van der Waals surface area contributed by atoms with Crippen molar-refractivity contribution < 1.29 is 14.3 Å². The van der Waals surface area contributed by atoms with Crippen LogP contribution in [0.25, 0.3) is 0 Å². The van der Waals surface area contributed by atoms with E-state index in [0.29, 0.717) is 6.61 Å². The van der Waals surface area contributed by atoms with Crippen LogP contribution >= 0.6 is 0 Å². The summed E-state index contributed by atoms with van der Waals surface area (Å²) in [4.78, 5) is 33.2. The number of esters is 1. The van der Waals surface area contributed by atoms with Crippen molar-refractivity contribution >= 4 is 11.9 Å². The lowest BCUT2D eigenvalue weighted by atomic mass is 10.2. The summed E-state index contributed by atoms with van der Waals surface area (Å²) in [5.74, 6) is -0.750. The topological polar surface area (TPSA) is 72.4 Å². The highest BCUT2D eigenvalue weighted by Gasteiger charge is 2.23. The summed E-state index contributed by atoms with van der Waals surface area (Å²) in [6.45, 7) is 7.39. The van der Waals surface area contributed by atoms with Gasteiger partial charge in [0.05, 0.1) is 18.5 Å². The lowest BCUT2D eigenvalue weighted by Crippen LogP contribution is -2.41. The zero-order chi connectivity index (χ0) is 14.4. The first-order chi connectivity index (χ1) is 8.95. The molecular formula is C13H19N3O3. The third-order valence-electron chi connectivity index (χ3n) is 2.49. The summed E-state index contributed by atoms with van der Waals surface area (Å²) < 4.78 is 4.86. The Hall–Kier alpha value is -1.98. The average molecular weight is 265 g/mol. The van der Waals surface area contributed by atoms with E-state index in [1.807, 2.05) is 13.8 Å². The number of rotatable bonds is 5. The molecule has 0 unspecified atom stereocenters. The molecule has 0 atom stereocenters. The van der Waals surface area contributed by atoms with Gasteiger partial charge in [-0.15, -0.1) is 0 Å². The Bertz CT molecular complexity index is 443. The maximum absolute atomic E-state index is 12.3. The number of nitrogens with zero attached hydrogens (tertiary/aromatic N) is 3. The molecule has 6 heteroatoms. The molecule has 1 amide bonds. The standard InChI is InChI=1S/C13H19N3O3/c1-5-19-12(17)8-16(9(2)3)13(18)11-7-14-10(4)6-15-11/h6-7,9H,5,8H2,1-4H3. The maximum atomic E-state index is 12.3. The largest absolute Gasteiger partial charge is 0.465 e. The lowest BCUT2D eigenvalue weighted by molar-refractivity contribution is -0.144. The lowest BCUT2D eigenvalue weighted by Gasteiger charge is -2.25. The Balaban J connectivity index is 2.84. The van der Waals surface area contributed by atoms with E-state index in [-0.39, 0.29) is 24.2 Å². The molecule has 0 radical (unpaired) electrons. The predicted molar refractivity (Wildman–Crippen MR) is 69.6 cm³/mol. The summed E-state index contributed by atoms with van der Waals surface area (Å²) in [6.07, 6.45) is 2.94. The van der Waals surface area contributed by atoms with E-state index < -0.39 is 5.97 Å². The quantitative estimate of drug-likeness (QED) is 0.748. The molecule has 6 nitrogen and oxygen atoms in total. The highest BCUT2D eigenvalue weighted by atomic mass is 16.5. The van der Waals surface area contributed by atoms with Crippen LogP contribution in [0.4, 0.5) is 0 Å². The molecule has 0 aromatic carbocycles. The maximum Gasteiger partial charge on any atom is 0.325 e. The van der Waals surface area contributed by atoms with Gasteiger partial charge in [0.2, 0.25) is 0 Å². The minimum absolute atomic E-state index is 0.0834. The van der Waals surface area contributed by atoms with Crippen LogP contribution in [0.15, 0.2) is 12.4 Å². The molecule has 1 aromatic rings. The van der Waals surface area contributed by atoms with Gasteiger partial charge in [0.1, 0.15) is 12.2 Å². The number of carbonyl (C=O) groups excluding carboxylic acids is 2. The van der Waals surface area contributed by atoms with Gasteiger partial charge in [0, 0.05) is 12.2 Å². The molecule has 19 heavy (non-hydrogen) atoms. The number of aryl methyl sites for hydroxylation is 1. The molecule has 0 saturated heterocycles. The van der Waals surface area contributed by atoms with Crippen LogP contribution in [-0.2, 0) is 9.53 Å². The van der Waals surface area contributed by atoms with Gasteiger partial charge >= 0.3 is 5.97 Å². The van der Waals surface area contributed by atoms with E-state index in [2.05, 4.69) is 9.97 Å². The molecule has 1 heterocycles. The Labute approximate surface area is 112 Å². The van der Waals surface area contributed by atoms with Gasteiger partial charge in [0.15, 0.2) is 0 Å². The third-order valence-corrected chi connectivity index (χ3v) is 2.49. The van der Waals surface area contributed by atoms with Gasteiger partial charge in [-0.2, -0.15) is 0 Å². The van der Waals surface area contributed by atoms with Gasteiger partial charge in [-0.05, 0) is 27.7 Å². The molecule has 0 saturated carbocycles. The first kappa shape index (κ1) is 15.1. The van der Waals surface area contributed by atoms with Gasteiger partial charge in [-0.25, -0.2) is 4.98 Å². The molecule has 0 aliphatic heterocycles. The fourth-order valence-electron chi connectivity index (χ4n) is 1.48. The minimum Gasteiger partial charge on any atom is -0.465 e. The SMILES string of the molecule is CCOC(=O)CN(C(=O)c1cnc(C)cn1)C(C)C. The van der Waals surface area contributed by atoms with Gasteiger partial charge in [-0.3, -0.25) is 14.6 Å². The summed E-state index contributed by atoms with van der Waals surface area (Å²) in [5, 5.41) is 0. The molecule has 1 rings (SSSR count). The second-order valence-corrected chi connectivity index (χ2v) is 4.37. The Kier molecular flexibility index (Phi) is 5.41. The zero-order valence-electron chi connectivity index (χ0n) is 11.7. The molecule has 0 N–H and O–H groups in total. The number of amides is 1. The van der Waals surface area contributed by atoms with Crippen molar-refractivity contribution in [1.82, 2.24) is 14.9 Å². The van der Waals surface area contributed by atoms with Crippen LogP contribution in [0.5, 0.6) is 0 Å². The first-order valence-corrected chi connectivity index (χ1v) is 6.21. The molecule has 104 valence electrons. The van der Waals surface area contributed by atoms with E-state index in [4.69, 9.17) is 4.74 Å². The van der Waals surface area contributed by atoms with E-state index in [9.17, 15) is 9.59 Å². The molecule has 0 spiro atoms. The normalized spacial score (nSPS) is 10.4. The van der Waals surface area contributed by atoms with Crippen LogP contribution in [-0.4, -0.2) is 45.9 Å². The van der Waals surface area contributed by atoms with Gasteiger partial charge < -0.3 is 9.64 Å². The number of hydrogen-bond donors (Lipinski definition) is 0. The molecule has 0 aliphatic rings. The van der Waals surface area contributed by atoms with Crippen LogP contribution < -0.4 is 0 Å². The molecule has 0 aliphatic carbocycles. The van der Waals surface area contributed by atoms with Crippen molar-refractivity contribution in [2.24, 2.45) is 0 Å². The van der Waals surface area contributed by atoms with Crippen molar-refractivity contribution in [3.8, 4) is 0 Å². The molecule has 0 fully saturated rings. The van der Waals surface area contributed by atoms with Crippen LogP contribution in [0.1, 0.15) is 37.0 Å². The number of hydrogen-bond acceptors (Lipinski definition) is 5. The van der Waals surface area contributed by atoms with Gasteiger partial charge in [0.25, 0.3) is 5.91 Å². The van der Waals surface area contributed by atoms with E-state index in [1.165, 1.54) is 17.3 Å². The average Bonchev–Trinajstić information content (AvgIpc) is 2.36. The summed E-state index contributed by atoms with van der Waals surface area (Å²) in [5.41, 5.74) is 0.960. The van der Waals surface area contributed by atoms with E-state index in [1.54, 1.807) is 13.8 Å². The van der Waals surface area contributed by atoms with Crippen LogP contribution in [0, 0.1) is 6.92 Å². The second kappa shape index (κ2) is 6.82. The number of aromatic nitrogens is 2. The second-order valence-electron chi connectivity index (χ2n) is 4.37. The summed E-state index contributed by atoms with van der Waals surface area (Å²) >= 11 is 0. The van der Waals surface area contributed by atoms with Crippen molar-refractivity contribution in [3.05, 3.63) is 23.8 Å². The Morgan fingerprint density at radius 3 is 2.47 bits per heavy atom. The van der Waals surface area contributed by atoms with E-state index >= 15 is 0 Å². The predicted octanol–water partition coefficient (Wildman–Crippen LogP) is 1.20. The van der Waals surface area contributed by atoms with Crippen molar-refractivity contribution in [2.75, 3.05) is 13.2 Å². The van der Waals surface area contributed by atoms with Crippen molar-refractivity contribution in [1.29, 1.82) is 0 Å². The monoisotopic (exact) mass is 265 g/mol. The zero-order valence-corrected chi connectivity index (χ0v) is 11.7. The molecular weight excluding hydrogens is 246 g/mol. The summed E-state index contributed by atoms with van der Waals surface area (Å²) in [7, 11) is 0. The fourth-order valence-corrected chi connectivity index (χ4v) is 1.48. The van der Waals surface area contributed by atoms with Crippen LogP contribution in [0.2, 0.25) is 0 Å². The minimum atomic E-state index is -0.426. The summed E-state index contributed by atoms with van der Waals surface area (Å²) in [6, 6.07) is -0.125. The first-order valence-electron chi connectivity index (χ1n) is 6.21. The van der Waals surface area contributed by atoms with Crippen molar-refractivity contribution in [3.63, 3.8) is 0 Å². The van der Waals surface area contributed by atoms with E-state index in [0.717, 1.165) is 5.69 Å². The fraction of sp³-hybridized carbons (Fsp3) is 0.538. The highest BCUT2D eigenvalue weighted by molar-refractivity contribution is 5.94. The highest BCUT2D eigenvalue weighted by Crippen LogP contribution is 2.06. The van der Waals surface area contributed by atoms with Crippen molar-refractivity contribution in [2.45, 2.75) is 33.7 Å². The molecule has 1 aromatic heterocycles. The third kappa shape index (κ3) is 4.31. The Morgan fingerprint density at radius 1 is 1.32 bits per heavy atom. The number of ether oxygens (including phenoxy) is 1.